The molecule has 1 N–H and O–H groups in total. The smallest absolute Gasteiger partial charge is 0.259 e. The predicted octanol–water partition coefficient (Wildman–Crippen LogP) is 2.23. The Balaban J connectivity index is 2.01. The topological polar surface area (TPSA) is 67.9 Å². The van der Waals surface area contributed by atoms with Gasteiger partial charge in [-0.3, -0.25) is 9.59 Å². The number of ether oxygens (including phenoxy) is 2. The van der Waals surface area contributed by atoms with Crippen LogP contribution in [0, 0.1) is 0 Å². The third kappa shape index (κ3) is 4.24. The lowest BCUT2D eigenvalue weighted by Crippen LogP contribution is -2.47. The molecule has 2 amide bonds. The third-order valence-corrected chi connectivity index (χ3v) is 4.36. The highest BCUT2D eigenvalue weighted by Crippen LogP contribution is 2.28. The fourth-order valence-corrected chi connectivity index (χ4v) is 2.99. The first-order valence-electron chi connectivity index (χ1n) is 7.56. The summed E-state index contributed by atoms with van der Waals surface area (Å²) in [5, 5.41) is 2.97. The maximum Gasteiger partial charge on any atom is 0.259 e. The summed E-state index contributed by atoms with van der Waals surface area (Å²) in [6.45, 7) is 1.01. The highest BCUT2D eigenvalue weighted by atomic mass is 35.5. The van der Waals surface area contributed by atoms with Crippen molar-refractivity contribution in [3.05, 3.63) is 23.8 Å². The van der Waals surface area contributed by atoms with E-state index in [0.29, 0.717) is 43.0 Å². The summed E-state index contributed by atoms with van der Waals surface area (Å²) in [5.74, 6) is 0.342. The van der Waals surface area contributed by atoms with Crippen molar-refractivity contribution >= 4 is 35.0 Å². The number of likely N-dealkylation sites (tertiary alicyclic amines) is 1. The second-order valence-corrected chi connectivity index (χ2v) is 6.51. The number of alkyl halides is 2. The number of amides is 2. The summed E-state index contributed by atoms with van der Waals surface area (Å²) >= 11 is 11.2. The number of benzene rings is 1. The van der Waals surface area contributed by atoms with E-state index in [0.717, 1.165) is 0 Å². The number of nitrogens with one attached hydrogen (secondary N) is 1. The minimum atomic E-state index is -1.05. The number of rotatable bonds is 5. The lowest BCUT2D eigenvalue weighted by atomic mass is 10.0. The van der Waals surface area contributed by atoms with Crippen molar-refractivity contribution in [3.63, 3.8) is 0 Å². The molecule has 0 radical (unpaired) electrons. The number of carbonyl (C=O) groups excluding carboxylic acids is 2. The van der Waals surface area contributed by atoms with Crippen molar-refractivity contribution in [2.45, 2.75) is 23.7 Å². The molecule has 0 aliphatic carbocycles. The van der Waals surface area contributed by atoms with Crippen LogP contribution in [-0.2, 0) is 4.79 Å². The molecular formula is C16H20Cl2N2O4. The fraction of sp³-hybridized carbons (Fsp3) is 0.500. The molecule has 1 aromatic carbocycles. The Morgan fingerprint density at radius 2 is 1.71 bits per heavy atom. The predicted molar refractivity (Wildman–Crippen MR) is 92.1 cm³/mol. The number of methoxy groups -OCH3 is 2. The molecular weight excluding hydrogens is 355 g/mol. The summed E-state index contributed by atoms with van der Waals surface area (Å²) in [5.41, 5.74) is 0.364. The highest BCUT2D eigenvalue weighted by molar-refractivity contribution is 6.53. The molecule has 0 atom stereocenters. The zero-order valence-corrected chi connectivity index (χ0v) is 15.1. The SMILES string of the molecule is COc1cccc(OC)c1C(=O)NC1CCN(C(=O)C(Cl)Cl)CC1. The summed E-state index contributed by atoms with van der Waals surface area (Å²) < 4.78 is 10.5. The van der Waals surface area contributed by atoms with E-state index in [2.05, 4.69) is 5.32 Å². The van der Waals surface area contributed by atoms with Crippen molar-refractivity contribution in [1.82, 2.24) is 10.2 Å². The molecule has 0 spiro atoms. The van der Waals surface area contributed by atoms with Crippen LogP contribution in [0.2, 0.25) is 0 Å². The molecule has 1 aliphatic heterocycles. The second-order valence-electron chi connectivity index (χ2n) is 5.41. The van der Waals surface area contributed by atoms with Gasteiger partial charge >= 0.3 is 0 Å². The van der Waals surface area contributed by atoms with Gasteiger partial charge in [0.05, 0.1) is 14.2 Å². The number of carbonyl (C=O) groups is 2. The van der Waals surface area contributed by atoms with Gasteiger partial charge in [0, 0.05) is 19.1 Å². The molecule has 2 rings (SSSR count). The maximum atomic E-state index is 12.6. The van der Waals surface area contributed by atoms with Crippen LogP contribution in [-0.4, -0.2) is 54.9 Å². The van der Waals surface area contributed by atoms with E-state index in [1.54, 1.807) is 23.1 Å². The van der Waals surface area contributed by atoms with E-state index in [-0.39, 0.29) is 17.9 Å². The van der Waals surface area contributed by atoms with Gasteiger partial charge in [0.1, 0.15) is 17.1 Å². The largest absolute Gasteiger partial charge is 0.496 e. The molecule has 1 fully saturated rings. The molecule has 1 heterocycles. The highest BCUT2D eigenvalue weighted by Gasteiger charge is 2.28. The Morgan fingerprint density at radius 1 is 1.17 bits per heavy atom. The van der Waals surface area contributed by atoms with Gasteiger partial charge in [-0.2, -0.15) is 0 Å². The van der Waals surface area contributed by atoms with E-state index < -0.39 is 4.84 Å². The maximum absolute atomic E-state index is 12.6. The van der Waals surface area contributed by atoms with Crippen molar-refractivity contribution in [3.8, 4) is 11.5 Å². The van der Waals surface area contributed by atoms with Crippen LogP contribution >= 0.6 is 23.2 Å². The van der Waals surface area contributed by atoms with Crippen molar-refractivity contribution in [2.24, 2.45) is 0 Å². The summed E-state index contributed by atoms with van der Waals surface area (Å²) in [4.78, 5) is 24.9. The van der Waals surface area contributed by atoms with Gasteiger partial charge in [0.15, 0.2) is 4.84 Å². The van der Waals surface area contributed by atoms with Crippen LogP contribution in [0.4, 0.5) is 0 Å². The lowest BCUT2D eigenvalue weighted by Gasteiger charge is -2.32. The van der Waals surface area contributed by atoms with Gasteiger partial charge in [-0.1, -0.05) is 29.3 Å². The van der Waals surface area contributed by atoms with Crippen LogP contribution in [0.25, 0.3) is 0 Å². The summed E-state index contributed by atoms with van der Waals surface area (Å²) in [6.07, 6.45) is 1.27. The Hall–Kier alpha value is -1.66. The normalized spacial score (nSPS) is 15.3. The quantitative estimate of drug-likeness (QED) is 0.802. The number of halogens is 2. The standard InChI is InChI=1S/C16H20Cl2N2O4/c1-23-11-4-3-5-12(24-2)13(11)15(21)19-10-6-8-20(9-7-10)16(22)14(17)18/h3-5,10,14H,6-9H2,1-2H3,(H,19,21). The summed E-state index contributed by atoms with van der Waals surface area (Å²) in [6, 6.07) is 5.13. The Labute approximate surface area is 151 Å². The van der Waals surface area contributed by atoms with E-state index in [1.807, 2.05) is 0 Å². The van der Waals surface area contributed by atoms with Gasteiger partial charge in [0.25, 0.3) is 11.8 Å². The average Bonchev–Trinajstić information content (AvgIpc) is 2.60. The Bertz CT molecular complexity index is 579. The van der Waals surface area contributed by atoms with Crippen molar-refractivity contribution in [2.75, 3.05) is 27.3 Å². The first-order chi connectivity index (χ1) is 11.5. The number of hydrogen-bond donors (Lipinski definition) is 1. The van der Waals surface area contributed by atoms with Crippen molar-refractivity contribution in [1.29, 1.82) is 0 Å². The van der Waals surface area contributed by atoms with E-state index >= 15 is 0 Å². The van der Waals surface area contributed by atoms with Crippen LogP contribution in [0.5, 0.6) is 11.5 Å². The monoisotopic (exact) mass is 374 g/mol. The molecule has 0 saturated carbocycles. The minimum Gasteiger partial charge on any atom is -0.496 e. The van der Waals surface area contributed by atoms with E-state index in [9.17, 15) is 9.59 Å². The van der Waals surface area contributed by atoms with Gasteiger partial charge < -0.3 is 19.7 Å². The Morgan fingerprint density at radius 3 is 2.17 bits per heavy atom. The van der Waals surface area contributed by atoms with Crippen molar-refractivity contribution < 1.29 is 19.1 Å². The van der Waals surface area contributed by atoms with Gasteiger partial charge in [-0.05, 0) is 25.0 Å². The van der Waals surface area contributed by atoms with Gasteiger partial charge in [0.2, 0.25) is 0 Å². The first-order valence-corrected chi connectivity index (χ1v) is 8.44. The first kappa shape index (κ1) is 18.7. The summed E-state index contributed by atoms with van der Waals surface area (Å²) in [7, 11) is 3.01. The number of nitrogens with zero attached hydrogens (tertiary/aromatic N) is 1. The molecule has 0 bridgehead atoms. The lowest BCUT2D eigenvalue weighted by molar-refractivity contribution is -0.130. The van der Waals surface area contributed by atoms with Gasteiger partial charge in [-0.15, -0.1) is 0 Å². The zero-order chi connectivity index (χ0) is 17.7. The fourth-order valence-electron chi connectivity index (χ4n) is 2.71. The van der Waals surface area contributed by atoms with Crippen LogP contribution < -0.4 is 14.8 Å². The van der Waals surface area contributed by atoms with Crippen LogP contribution in [0.3, 0.4) is 0 Å². The second kappa shape index (κ2) is 8.44. The van der Waals surface area contributed by atoms with Gasteiger partial charge in [-0.25, -0.2) is 0 Å². The average molecular weight is 375 g/mol. The Kier molecular flexibility index (Phi) is 6.57. The number of hydrogen-bond acceptors (Lipinski definition) is 4. The molecule has 0 unspecified atom stereocenters. The molecule has 132 valence electrons. The molecule has 6 nitrogen and oxygen atoms in total. The van der Waals surface area contributed by atoms with Crippen LogP contribution in [0.1, 0.15) is 23.2 Å². The minimum absolute atomic E-state index is 0.0414. The molecule has 8 heteroatoms. The molecule has 0 aromatic heterocycles. The molecule has 1 saturated heterocycles. The third-order valence-electron chi connectivity index (χ3n) is 3.98. The van der Waals surface area contributed by atoms with Crippen LogP contribution in [0.15, 0.2) is 18.2 Å². The molecule has 24 heavy (non-hydrogen) atoms. The molecule has 1 aromatic rings. The van der Waals surface area contributed by atoms with E-state index in [1.165, 1.54) is 14.2 Å². The van der Waals surface area contributed by atoms with E-state index in [4.69, 9.17) is 32.7 Å². The molecule has 1 aliphatic rings. The number of piperidine rings is 1. The zero-order valence-electron chi connectivity index (χ0n) is 13.6.